The molecule has 0 heterocycles. The first-order chi connectivity index (χ1) is 10.6. The number of benzene rings is 1. The van der Waals surface area contributed by atoms with Crippen LogP contribution in [0.5, 0.6) is 0 Å². The molecule has 122 valence electrons. The lowest BCUT2D eigenvalue weighted by atomic mass is 10.1. The van der Waals surface area contributed by atoms with Gasteiger partial charge in [0.25, 0.3) is 0 Å². The minimum absolute atomic E-state index is 0.0167. The van der Waals surface area contributed by atoms with Crippen LogP contribution in [0.15, 0.2) is 29.3 Å². The van der Waals surface area contributed by atoms with Crippen molar-refractivity contribution in [2.75, 3.05) is 20.1 Å². The maximum Gasteiger partial charge on any atom is 0.222 e. The van der Waals surface area contributed by atoms with E-state index in [0.29, 0.717) is 13.1 Å². The molecule has 0 bridgehead atoms. The fraction of sp³-hybridized carbons (Fsp3) is 0.529. The van der Waals surface area contributed by atoms with E-state index in [1.807, 2.05) is 19.9 Å². The van der Waals surface area contributed by atoms with Gasteiger partial charge in [-0.3, -0.25) is 9.79 Å². The molecule has 3 N–H and O–H groups in total. The SMILES string of the molecule is CCc1ccccc1CNC(=NC)NCCNC(=O)C(C)C. The highest BCUT2D eigenvalue weighted by Crippen LogP contribution is 2.08. The van der Waals surface area contributed by atoms with Crippen molar-refractivity contribution in [3.8, 4) is 0 Å². The number of aryl methyl sites for hydroxylation is 1. The number of rotatable bonds is 7. The van der Waals surface area contributed by atoms with Crippen LogP contribution in [-0.4, -0.2) is 32.0 Å². The molecule has 1 aromatic carbocycles. The van der Waals surface area contributed by atoms with Gasteiger partial charge in [-0.2, -0.15) is 0 Å². The number of carbonyl (C=O) groups excluding carboxylic acids is 1. The van der Waals surface area contributed by atoms with Crippen molar-refractivity contribution in [2.24, 2.45) is 10.9 Å². The largest absolute Gasteiger partial charge is 0.355 e. The molecule has 0 unspecified atom stereocenters. The summed E-state index contributed by atoms with van der Waals surface area (Å²) < 4.78 is 0. The van der Waals surface area contributed by atoms with Crippen molar-refractivity contribution < 1.29 is 4.79 Å². The van der Waals surface area contributed by atoms with Crippen molar-refractivity contribution in [1.82, 2.24) is 16.0 Å². The summed E-state index contributed by atoms with van der Waals surface area (Å²) in [7, 11) is 1.74. The molecule has 0 aliphatic heterocycles. The zero-order valence-corrected chi connectivity index (χ0v) is 14.1. The van der Waals surface area contributed by atoms with Crippen molar-refractivity contribution in [3.05, 3.63) is 35.4 Å². The third-order valence-electron chi connectivity index (χ3n) is 3.41. The maximum absolute atomic E-state index is 11.5. The van der Waals surface area contributed by atoms with Crippen LogP contribution in [0.1, 0.15) is 31.9 Å². The highest BCUT2D eigenvalue weighted by Gasteiger charge is 2.05. The molecule has 0 saturated carbocycles. The monoisotopic (exact) mass is 304 g/mol. The third-order valence-corrected chi connectivity index (χ3v) is 3.41. The maximum atomic E-state index is 11.5. The molecule has 5 heteroatoms. The second-order valence-electron chi connectivity index (χ2n) is 5.42. The van der Waals surface area contributed by atoms with E-state index in [1.165, 1.54) is 11.1 Å². The van der Waals surface area contributed by atoms with Crippen molar-refractivity contribution in [2.45, 2.75) is 33.7 Å². The second kappa shape index (κ2) is 9.82. The number of hydrogen-bond acceptors (Lipinski definition) is 2. The summed E-state index contributed by atoms with van der Waals surface area (Å²) in [6.07, 6.45) is 1.02. The van der Waals surface area contributed by atoms with Gasteiger partial charge < -0.3 is 16.0 Å². The molecule has 1 rings (SSSR count). The standard InChI is InChI=1S/C17H28N4O/c1-5-14-8-6-7-9-15(14)12-21-17(18-4)20-11-10-19-16(22)13(2)3/h6-9,13H,5,10-12H2,1-4H3,(H,19,22)(H2,18,20,21). The predicted octanol–water partition coefficient (Wildman–Crippen LogP) is 1.69. The zero-order valence-electron chi connectivity index (χ0n) is 14.1. The minimum Gasteiger partial charge on any atom is -0.355 e. The minimum atomic E-state index is 0.0167. The molecule has 0 fully saturated rings. The van der Waals surface area contributed by atoms with Crippen LogP contribution in [0, 0.1) is 5.92 Å². The van der Waals surface area contributed by atoms with Crippen LogP contribution in [0.4, 0.5) is 0 Å². The highest BCUT2D eigenvalue weighted by atomic mass is 16.1. The van der Waals surface area contributed by atoms with Crippen LogP contribution in [-0.2, 0) is 17.8 Å². The number of carbonyl (C=O) groups is 1. The summed E-state index contributed by atoms with van der Waals surface area (Å²) in [5, 5.41) is 9.36. The molecule has 0 atom stereocenters. The Kier molecular flexibility index (Phi) is 8.04. The van der Waals surface area contributed by atoms with Gasteiger partial charge in [0.05, 0.1) is 0 Å². The molecular formula is C17H28N4O. The van der Waals surface area contributed by atoms with Crippen LogP contribution >= 0.6 is 0 Å². The van der Waals surface area contributed by atoms with Gasteiger partial charge in [0.15, 0.2) is 5.96 Å². The molecule has 22 heavy (non-hydrogen) atoms. The average molecular weight is 304 g/mol. The Morgan fingerprint density at radius 1 is 1.09 bits per heavy atom. The highest BCUT2D eigenvalue weighted by molar-refractivity contribution is 5.80. The van der Waals surface area contributed by atoms with E-state index >= 15 is 0 Å². The van der Waals surface area contributed by atoms with Crippen molar-refractivity contribution >= 4 is 11.9 Å². The number of nitrogens with one attached hydrogen (secondary N) is 3. The summed E-state index contributed by atoms with van der Waals surface area (Å²) in [4.78, 5) is 15.6. The van der Waals surface area contributed by atoms with Crippen molar-refractivity contribution in [1.29, 1.82) is 0 Å². The van der Waals surface area contributed by atoms with E-state index in [-0.39, 0.29) is 11.8 Å². The zero-order chi connectivity index (χ0) is 16.4. The lowest BCUT2D eigenvalue weighted by Gasteiger charge is -2.14. The number of guanidine groups is 1. The number of amides is 1. The Morgan fingerprint density at radius 2 is 1.73 bits per heavy atom. The summed E-state index contributed by atoms with van der Waals surface area (Å²) >= 11 is 0. The summed E-state index contributed by atoms with van der Waals surface area (Å²) in [6, 6.07) is 8.39. The van der Waals surface area contributed by atoms with E-state index in [4.69, 9.17) is 0 Å². The van der Waals surface area contributed by atoms with Gasteiger partial charge in [-0.05, 0) is 17.5 Å². The van der Waals surface area contributed by atoms with E-state index in [2.05, 4.69) is 46.1 Å². The van der Waals surface area contributed by atoms with E-state index in [1.54, 1.807) is 7.05 Å². The molecule has 0 aliphatic rings. The fourth-order valence-corrected chi connectivity index (χ4v) is 2.05. The normalized spacial score (nSPS) is 11.4. The topological polar surface area (TPSA) is 65.5 Å². The van der Waals surface area contributed by atoms with Gasteiger partial charge in [-0.15, -0.1) is 0 Å². The first kappa shape index (κ1) is 18.0. The molecule has 5 nitrogen and oxygen atoms in total. The van der Waals surface area contributed by atoms with Gasteiger partial charge in [0.2, 0.25) is 5.91 Å². The smallest absolute Gasteiger partial charge is 0.222 e. The average Bonchev–Trinajstić information content (AvgIpc) is 2.54. The Labute approximate surface area is 133 Å². The van der Waals surface area contributed by atoms with Gasteiger partial charge in [0, 0.05) is 32.6 Å². The van der Waals surface area contributed by atoms with Gasteiger partial charge in [-0.1, -0.05) is 45.0 Å². The Bertz CT molecular complexity index is 497. The summed E-state index contributed by atoms with van der Waals surface area (Å²) in [5.74, 6) is 0.828. The summed E-state index contributed by atoms with van der Waals surface area (Å²) in [6.45, 7) is 7.89. The van der Waals surface area contributed by atoms with E-state index < -0.39 is 0 Å². The van der Waals surface area contributed by atoms with Crippen LogP contribution in [0.3, 0.4) is 0 Å². The molecule has 1 amide bonds. The first-order valence-electron chi connectivity index (χ1n) is 7.87. The first-order valence-corrected chi connectivity index (χ1v) is 7.87. The number of aliphatic imine (C=N–C) groups is 1. The molecular weight excluding hydrogens is 276 g/mol. The molecule has 0 aromatic heterocycles. The summed E-state index contributed by atoms with van der Waals surface area (Å²) in [5.41, 5.74) is 2.62. The fourth-order valence-electron chi connectivity index (χ4n) is 2.05. The molecule has 1 aromatic rings. The van der Waals surface area contributed by atoms with Gasteiger partial charge in [0.1, 0.15) is 0 Å². The van der Waals surface area contributed by atoms with Crippen LogP contribution in [0.2, 0.25) is 0 Å². The second-order valence-corrected chi connectivity index (χ2v) is 5.42. The number of hydrogen-bond donors (Lipinski definition) is 3. The molecule has 0 aliphatic carbocycles. The lowest BCUT2D eigenvalue weighted by molar-refractivity contribution is -0.123. The van der Waals surface area contributed by atoms with E-state index in [0.717, 1.165) is 18.9 Å². The van der Waals surface area contributed by atoms with Gasteiger partial charge in [-0.25, -0.2) is 0 Å². The molecule has 0 spiro atoms. The Morgan fingerprint density at radius 3 is 2.32 bits per heavy atom. The quantitative estimate of drug-likeness (QED) is 0.408. The molecule has 0 radical (unpaired) electrons. The lowest BCUT2D eigenvalue weighted by Crippen LogP contribution is -2.41. The number of nitrogens with zero attached hydrogens (tertiary/aromatic N) is 1. The predicted molar refractivity (Wildman–Crippen MR) is 91.9 cm³/mol. The van der Waals surface area contributed by atoms with E-state index in [9.17, 15) is 4.79 Å². The Hall–Kier alpha value is -2.04. The Balaban J connectivity index is 2.35. The third kappa shape index (κ3) is 6.16. The van der Waals surface area contributed by atoms with Gasteiger partial charge >= 0.3 is 0 Å². The molecule has 0 saturated heterocycles. The van der Waals surface area contributed by atoms with Crippen LogP contribution < -0.4 is 16.0 Å². The van der Waals surface area contributed by atoms with Crippen molar-refractivity contribution in [3.63, 3.8) is 0 Å². The van der Waals surface area contributed by atoms with Crippen LogP contribution in [0.25, 0.3) is 0 Å².